The summed E-state index contributed by atoms with van der Waals surface area (Å²) in [6, 6.07) is 14.5. The van der Waals surface area contributed by atoms with Gasteiger partial charge in [0.25, 0.3) is 5.91 Å². The molecule has 0 aromatic heterocycles. The zero-order chi connectivity index (χ0) is 23.4. The SMILES string of the molecule is CC(=O)c1ccc2c(c1)N(C(C)C(=O)N1CCN(C/C=C/c3ccccc3)CC1)C(=O)CO2. The molecule has 0 N–H and O–H groups in total. The van der Waals surface area contributed by atoms with Crippen LogP contribution in [0.15, 0.2) is 54.6 Å². The fraction of sp³-hybridized carbons (Fsp3) is 0.346. The van der Waals surface area contributed by atoms with Crippen molar-refractivity contribution in [3.8, 4) is 5.75 Å². The molecule has 0 spiro atoms. The summed E-state index contributed by atoms with van der Waals surface area (Å²) in [5.41, 5.74) is 2.13. The lowest BCUT2D eigenvalue weighted by Crippen LogP contribution is -2.56. The molecule has 0 saturated carbocycles. The summed E-state index contributed by atoms with van der Waals surface area (Å²) in [6.45, 7) is 6.70. The molecule has 1 unspecified atom stereocenters. The van der Waals surface area contributed by atoms with E-state index in [2.05, 4.69) is 29.2 Å². The first kappa shape index (κ1) is 22.7. The Bertz CT molecular complexity index is 1060. The van der Waals surface area contributed by atoms with Gasteiger partial charge < -0.3 is 9.64 Å². The highest BCUT2D eigenvalue weighted by atomic mass is 16.5. The summed E-state index contributed by atoms with van der Waals surface area (Å²) >= 11 is 0. The molecule has 0 radical (unpaired) electrons. The molecular formula is C26H29N3O4. The highest BCUT2D eigenvalue weighted by Crippen LogP contribution is 2.34. The first-order valence-corrected chi connectivity index (χ1v) is 11.3. The van der Waals surface area contributed by atoms with Gasteiger partial charge in [0.15, 0.2) is 12.4 Å². The number of ketones is 1. The lowest BCUT2D eigenvalue weighted by atomic mass is 10.1. The quantitative estimate of drug-likeness (QED) is 0.637. The van der Waals surface area contributed by atoms with Crippen molar-refractivity contribution in [2.75, 3.05) is 44.2 Å². The van der Waals surface area contributed by atoms with Gasteiger partial charge in [-0.25, -0.2) is 0 Å². The standard InChI is InChI=1S/C26H29N3O4/c1-19(29-23-17-22(20(2)30)10-11-24(23)33-18-25(29)31)26(32)28-15-13-27(14-16-28)12-6-9-21-7-4-3-5-8-21/h3-11,17,19H,12-16,18H2,1-2H3/b9-6+. The van der Waals surface area contributed by atoms with Gasteiger partial charge in [-0.2, -0.15) is 0 Å². The maximum Gasteiger partial charge on any atom is 0.265 e. The van der Waals surface area contributed by atoms with Crippen LogP contribution in [-0.4, -0.2) is 72.8 Å². The topological polar surface area (TPSA) is 70.2 Å². The first-order valence-electron chi connectivity index (χ1n) is 11.3. The lowest BCUT2D eigenvalue weighted by molar-refractivity contribution is -0.136. The van der Waals surface area contributed by atoms with Crippen molar-refractivity contribution in [2.45, 2.75) is 19.9 Å². The monoisotopic (exact) mass is 447 g/mol. The number of nitrogens with zero attached hydrogens (tertiary/aromatic N) is 3. The van der Waals surface area contributed by atoms with Crippen LogP contribution < -0.4 is 9.64 Å². The van der Waals surface area contributed by atoms with Gasteiger partial charge in [-0.15, -0.1) is 0 Å². The lowest BCUT2D eigenvalue weighted by Gasteiger charge is -2.39. The Balaban J connectivity index is 1.38. The predicted molar refractivity (Wildman–Crippen MR) is 127 cm³/mol. The zero-order valence-electron chi connectivity index (χ0n) is 19.1. The van der Waals surface area contributed by atoms with E-state index in [1.165, 1.54) is 17.4 Å². The molecule has 2 amide bonds. The average Bonchev–Trinajstić information content (AvgIpc) is 2.84. The molecule has 172 valence electrons. The van der Waals surface area contributed by atoms with Crippen molar-refractivity contribution < 1.29 is 19.1 Å². The highest BCUT2D eigenvalue weighted by molar-refractivity contribution is 6.05. The number of hydrogen-bond acceptors (Lipinski definition) is 5. The minimum atomic E-state index is -0.674. The number of amides is 2. The molecule has 0 aliphatic carbocycles. The van der Waals surface area contributed by atoms with E-state index in [0.717, 1.165) is 19.6 Å². The van der Waals surface area contributed by atoms with Gasteiger partial charge in [-0.3, -0.25) is 24.2 Å². The van der Waals surface area contributed by atoms with Crippen LogP contribution in [0.5, 0.6) is 5.75 Å². The number of carbonyl (C=O) groups is 3. The number of anilines is 1. The largest absolute Gasteiger partial charge is 0.482 e. The second-order valence-electron chi connectivity index (χ2n) is 8.41. The molecule has 2 heterocycles. The van der Waals surface area contributed by atoms with Crippen LogP contribution in [0.2, 0.25) is 0 Å². The summed E-state index contributed by atoms with van der Waals surface area (Å²) in [6.07, 6.45) is 4.25. The summed E-state index contributed by atoms with van der Waals surface area (Å²) in [4.78, 5) is 43.4. The Morgan fingerprint density at radius 2 is 1.79 bits per heavy atom. The Kier molecular flexibility index (Phi) is 6.89. The highest BCUT2D eigenvalue weighted by Gasteiger charge is 2.36. The molecule has 7 heteroatoms. The second kappa shape index (κ2) is 10.0. The molecule has 33 heavy (non-hydrogen) atoms. The molecule has 2 aromatic rings. The van der Waals surface area contributed by atoms with Crippen molar-refractivity contribution in [1.29, 1.82) is 0 Å². The van der Waals surface area contributed by atoms with E-state index in [9.17, 15) is 14.4 Å². The number of fused-ring (bicyclic) bond motifs is 1. The van der Waals surface area contributed by atoms with E-state index < -0.39 is 6.04 Å². The number of Topliss-reactive ketones (excluding diaryl/α,β-unsaturated/α-hetero) is 1. The van der Waals surface area contributed by atoms with Crippen LogP contribution in [0.25, 0.3) is 6.08 Å². The summed E-state index contributed by atoms with van der Waals surface area (Å²) < 4.78 is 5.52. The van der Waals surface area contributed by atoms with E-state index in [1.807, 2.05) is 23.1 Å². The minimum absolute atomic E-state index is 0.0936. The Morgan fingerprint density at radius 1 is 1.06 bits per heavy atom. The normalized spacial score (nSPS) is 17.6. The Hall–Kier alpha value is -3.45. The van der Waals surface area contributed by atoms with Crippen LogP contribution >= 0.6 is 0 Å². The predicted octanol–water partition coefficient (Wildman–Crippen LogP) is 2.86. The maximum absolute atomic E-state index is 13.3. The number of rotatable bonds is 6. The van der Waals surface area contributed by atoms with E-state index in [1.54, 1.807) is 25.1 Å². The molecule has 2 aromatic carbocycles. The third kappa shape index (κ3) is 5.14. The molecule has 4 rings (SSSR count). The molecule has 1 fully saturated rings. The Labute approximate surface area is 194 Å². The fourth-order valence-corrected chi connectivity index (χ4v) is 4.24. The number of hydrogen-bond donors (Lipinski definition) is 0. The molecule has 0 bridgehead atoms. The van der Waals surface area contributed by atoms with E-state index in [4.69, 9.17) is 4.74 Å². The molecule has 7 nitrogen and oxygen atoms in total. The summed E-state index contributed by atoms with van der Waals surface area (Å²) in [7, 11) is 0. The molecule has 2 aliphatic rings. The van der Waals surface area contributed by atoms with Crippen LogP contribution in [0.4, 0.5) is 5.69 Å². The summed E-state index contributed by atoms with van der Waals surface area (Å²) in [5.74, 6) is 0.0269. The summed E-state index contributed by atoms with van der Waals surface area (Å²) in [5, 5.41) is 0. The first-order chi connectivity index (χ1) is 15.9. The maximum atomic E-state index is 13.3. The van der Waals surface area contributed by atoms with E-state index in [0.29, 0.717) is 30.1 Å². The van der Waals surface area contributed by atoms with Gasteiger partial charge in [0, 0.05) is 38.3 Å². The number of benzene rings is 2. The van der Waals surface area contributed by atoms with Crippen LogP contribution in [0.3, 0.4) is 0 Å². The number of carbonyl (C=O) groups excluding carboxylic acids is 3. The average molecular weight is 448 g/mol. The molecule has 1 atom stereocenters. The van der Waals surface area contributed by atoms with Crippen LogP contribution in [0.1, 0.15) is 29.8 Å². The zero-order valence-corrected chi connectivity index (χ0v) is 19.1. The van der Waals surface area contributed by atoms with Crippen molar-refractivity contribution in [3.63, 3.8) is 0 Å². The third-order valence-corrected chi connectivity index (χ3v) is 6.15. The van der Waals surface area contributed by atoms with Crippen molar-refractivity contribution in [2.24, 2.45) is 0 Å². The molecule has 2 aliphatic heterocycles. The van der Waals surface area contributed by atoms with Crippen molar-refractivity contribution in [1.82, 2.24) is 9.80 Å². The van der Waals surface area contributed by atoms with Crippen molar-refractivity contribution >= 4 is 29.4 Å². The molecule has 1 saturated heterocycles. The van der Waals surface area contributed by atoms with Crippen LogP contribution in [0, 0.1) is 0 Å². The van der Waals surface area contributed by atoms with Gasteiger partial charge in [0.1, 0.15) is 11.8 Å². The van der Waals surface area contributed by atoms with Gasteiger partial charge in [0.2, 0.25) is 5.91 Å². The van der Waals surface area contributed by atoms with Gasteiger partial charge >= 0.3 is 0 Å². The van der Waals surface area contributed by atoms with Crippen LogP contribution in [-0.2, 0) is 9.59 Å². The smallest absolute Gasteiger partial charge is 0.265 e. The second-order valence-corrected chi connectivity index (χ2v) is 8.41. The fourth-order valence-electron chi connectivity index (χ4n) is 4.24. The van der Waals surface area contributed by atoms with E-state index >= 15 is 0 Å². The molecular weight excluding hydrogens is 418 g/mol. The minimum Gasteiger partial charge on any atom is -0.482 e. The number of piperazine rings is 1. The van der Waals surface area contributed by atoms with Gasteiger partial charge in [-0.05, 0) is 37.6 Å². The van der Waals surface area contributed by atoms with Gasteiger partial charge in [0.05, 0.1) is 5.69 Å². The Morgan fingerprint density at radius 3 is 2.48 bits per heavy atom. The number of ether oxygens (including phenoxy) is 1. The van der Waals surface area contributed by atoms with Gasteiger partial charge in [-0.1, -0.05) is 42.5 Å². The third-order valence-electron chi connectivity index (χ3n) is 6.15. The van der Waals surface area contributed by atoms with Crippen molar-refractivity contribution in [3.05, 3.63) is 65.7 Å². The van der Waals surface area contributed by atoms with E-state index in [-0.39, 0.29) is 24.2 Å².